The van der Waals surface area contributed by atoms with Crippen molar-refractivity contribution in [1.29, 1.82) is 0 Å². The van der Waals surface area contributed by atoms with Gasteiger partial charge >= 0.3 is 0 Å². The van der Waals surface area contributed by atoms with Crippen molar-refractivity contribution >= 4 is 31.6 Å². The van der Waals surface area contributed by atoms with Crippen molar-refractivity contribution in [3.8, 4) is 0 Å². The molecule has 1 heterocycles. The van der Waals surface area contributed by atoms with E-state index in [1.165, 1.54) is 36.7 Å². The molecule has 18 heavy (non-hydrogen) atoms. The van der Waals surface area contributed by atoms with Crippen molar-refractivity contribution in [2.45, 2.75) is 4.90 Å². The Morgan fingerprint density at radius 3 is 2.67 bits per heavy atom. The lowest BCUT2D eigenvalue weighted by Gasteiger charge is -2.07. The summed E-state index contributed by atoms with van der Waals surface area (Å²) in [6.45, 7) is 0. The third-order valence-electron chi connectivity index (χ3n) is 2.12. The Morgan fingerprint density at radius 2 is 2.06 bits per heavy atom. The molecule has 0 saturated carbocycles. The first-order chi connectivity index (χ1) is 8.49. The number of sulfonamides is 1. The van der Waals surface area contributed by atoms with Crippen LogP contribution in [0.1, 0.15) is 0 Å². The summed E-state index contributed by atoms with van der Waals surface area (Å²) in [5.41, 5.74) is 0.152. The zero-order valence-corrected chi connectivity index (χ0v) is 11.4. The van der Waals surface area contributed by atoms with Crippen LogP contribution in [0.25, 0.3) is 0 Å². The van der Waals surface area contributed by atoms with Gasteiger partial charge in [-0.3, -0.25) is 9.71 Å². The summed E-state index contributed by atoms with van der Waals surface area (Å²) in [6, 6.07) is 6.90. The molecular formula is C11H8BrFN2O2S. The number of nitrogens with one attached hydrogen (secondary N) is 1. The van der Waals surface area contributed by atoms with Crippen LogP contribution in [0, 0.1) is 5.82 Å². The predicted molar refractivity (Wildman–Crippen MR) is 69.1 cm³/mol. The number of hydrogen-bond acceptors (Lipinski definition) is 3. The fourth-order valence-corrected chi connectivity index (χ4v) is 2.54. The topological polar surface area (TPSA) is 59.1 Å². The van der Waals surface area contributed by atoms with Crippen molar-refractivity contribution in [3.63, 3.8) is 0 Å². The Labute approximate surface area is 112 Å². The normalized spacial score (nSPS) is 11.2. The standard InChI is InChI=1S/C11H8BrFN2O2S/c12-10-4-3-8(6-11(10)13)15-18(16,17)9-2-1-5-14-7-9/h1-7,15H. The zero-order chi connectivity index (χ0) is 13.2. The van der Waals surface area contributed by atoms with Crippen LogP contribution in [0.2, 0.25) is 0 Å². The van der Waals surface area contributed by atoms with E-state index >= 15 is 0 Å². The number of hydrogen-bond donors (Lipinski definition) is 1. The summed E-state index contributed by atoms with van der Waals surface area (Å²) in [5, 5.41) is 0. The van der Waals surface area contributed by atoms with Gasteiger partial charge in [0.15, 0.2) is 0 Å². The number of halogens is 2. The molecule has 0 saturated heterocycles. The van der Waals surface area contributed by atoms with Gasteiger partial charge in [0.2, 0.25) is 0 Å². The van der Waals surface area contributed by atoms with Crippen LogP contribution in [0.5, 0.6) is 0 Å². The van der Waals surface area contributed by atoms with Crippen LogP contribution >= 0.6 is 15.9 Å². The molecule has 0 bridgehead atoms. The third-order valence-corrected chi connectivity index (χ3v) is 4.13. The molecule has 94 valence electrons. The molecule has 4 nitrogen and oxygen atoms in total. The van der Waals surface area contributed by atoms with E-state index in [-0.39, 0.29) is 15.1 Å². The SMILES string of the molecule is O=S(=O)(Nc1ccc(Br)c(F)c1)c1cccnc1. The summed E-state index contributed by atoms with van der Waals surface area (Å²) in [7, 11) is -3.74. The zero-order valence-electron chi connectivity index (χ0n) is 8.97. The van der Waals surface area contributed by atoms with E-state index in [1.54, 1.807) is 0 Å². The molecule has 0 aliphatic carbocycles. The molecule has 2 aromatic rings. The lowest BCUT2D eigenvalue weighted by molar-refractivity contribution is 0.600. The molecule has 0 radical (unpaired) electrons. The van der Waals surface area contributed by atoms with E-state index in [9.17, 15) is 12.8 Å². The Morgan fingerprint density at radius 1 is 1.28 bits per heavy atom. The van der Waals surface area contributed by atoms with Gasteiger partial charge in [0.1, 0.15) is 10.7 Å². The summed E-state index contributed by atoms with van der Waals surface area (Å²) in [4.78, 5) is 3.75. The second-order valence-corrected chi connectivity index (χ2v) is 5.96. The monoisotopic (exact) mass is 330 g/mol. The Balaban J connectivity index is 2.31. The van der Waals surface area contributed by atoms with Crippen molar-refractivity contribution in [3.05, 3.63) is 53.0 Å². The molecule has 0 fully saturated rings. The molecule has 0 spiro atoms. The van der Waals surface area contributed by atoms with E-state index in [0.29, 0.717) is 0 Å². The molecule has 0 aliphatic heterocycles. The van der Waals surface area contributed by atoms with Gasteiger partial charge in [-0.1, -0.05) is 0 Å². The lowest BCUT2D eigenvalue weighted by atomic mass is 10.3. The average molecular weight is 331 g/mol. The van der Waals surface area contributed by atoms with Crippen LogP contribution < -0.4 is 4.72 Å². The van der Waals surface area contributed by atoms with E-state index in [2.05, 4.69) is 25.6 Å². The van der Waals surface area contributed by atoms with Gasteiger partial charge in [-0.15, -0.1) is 0 Å². The molecule has 0 atom stereocenters. The van der Waals surface area contributed by atoms with Gasteiger partial charge in [0.25, 0.3) is 10.0 Å². The minimum Gasteiger partial charge on any atom is -0.279 e. The molecule has 1 aromatic heterocycles. The van der Waals surface area contributed by atoms with Crippen LogP contribution in [-0.4, -0.2) is 13.4 Å². The predicted octanol–water partition coefficient (Wildman–Crippen LogP) is 2.78. The molecule has 1 aromatic carbocycles. The van der Waals surface area contributed by atoms with Crippen molar-refractivity contribution in [1.82, 2.24) is 4.98 Å². The van der Waals surface area contributed by atoms with Gasteiger partial charge < -0.3 is 0 Å². The van der Waals surface area contributed by atoms with Gasteiger partial charge in [-0.2, -0.15) is 0 Å². The molecule has 2 rings (SSSR count). The highest BCUT2D eigenvalue weighted by Crippen LogP contribution is 2.21. The summed E-state index contributed by atoms with van der Waals surface area (Å²) >= 11 is 2.99. The van der Waals surface area contributed by atoms with E-state index < -0.39 is 15.8 Å². The average Bonchev–Trinajstić information content (AvgIpc) is 2.35. The summed E-state index contributed by atoms with van der Waals surface area (Å²) in [5.74, 6) is -0.540. The highest BCUT2D eigenvalue weighted by atomic mass is 79.9. The van der Waals surface area contributed by atoms with Gasteiger partial charge in [-0.25, -0.2) is 12.8 Å². The minimum atomic E-state index is -3.74. The molecule has 0 unspecified atom stereocenters. The highest BCUT2D eigenvalue weighted by Gasteiger charge is 2.14. The minimum absolute atomic E-state index is 0.0216. The summed E-state index contributed by atoms with van der Waals surface area (Å²) in [6.07, 6.45) is 2.69. The molecule has 7 heteroatoms. The van der Waals surface area contributed by atoms with Crippen molar-refractivity contribution < 1.29 is 12.8 Å². The first-order valence-electron chi connectivity index (χ1n) is 4.87. The Hall–Kier alpha value is -1.47. The smallest absolute Gasteiger partial charge is 0.263 e. The fraction of sp³-hybridized carbons (Fsp3) is 0. The maximum atomic E-state index is 13.3. The molecule has 0 aliphatic rings. The lowest BCUT2D eigenvalue weighted by Crippen LogP contribution is -2.13. The second kappa shape index (κ2) is 5.03. The molecular weight excluding hydrogens is 323 g/mol. The van der Waals surface area contributed by atoms with Crippen LogP contribution in [0.3, 0.4) is 0 Å². The molecule has 0 amide bonds. The number of anilines is 1. The van der Waals surface area contributed by atoms with Crippen LogP contribution in [-0.2, 0) is 10.0 Å². The fourth-order valence-electron chi connectivity index (χ4n) is 1.28. The van der Waals surface area contributed by atoms with Crippen molar-refractivity contribution in [2.75, 3.05) is 4.72 Å². The molecule has 1 N–H and O–H groups in total. The first kappa shape index (κ1) is 13.0. The van der Waals surface area contributed by atoms with E-state index in [4.69, 9.17) is 0 Å². The number of rotatable bonds is 3. The highest BCUT2D eigenvalue weighted by molar-refractivity contribution is 9.10. The second-order valence-electron chi connectivity index (χ2n) is 3.42. The summed E-state index contributed by atoms with van der Waals surface area (Å²) < 4.78 is 39.6. The van der Waals surface area contributed by atoms with E-state index in [1.807, 2.05) is 0 Å². The Kier molecular flexibility index (Phi) is 3.63. The van der Waals surface area contributed by atoms with Crippen LogP contribution in [0.4, 0.5) is 10.1 Å². The van der Waals surface area contributed by atoms with Gasteiger partial charge in [0, 0.05) is 12.4 Å². The quantitative estimate of drug-likeness (QED) is 0.941. The van der Waals surface area contributed by atoms with Gasteiger partial charge in [0.05, 0.1) is 10.2 Å². The maximum absolute atomic E-state index is 13.3. The number of nitrogens with zero attached hydrogens (tertiary/aromatic N) is 1. The number of benzene rings is 1. The Bertz CT molecular complexity index is 662. The maximum Gasteiger partial charge on any atom is 0.263 e. The van der Waals surface area contributed by atoms with Gasteiger partial charge in [-0.05, 0) is 46.3 Å². The third kappa shape index (κ3) is 2.85. The van der Waals surface area contributed by atoms with Crippen molar-refractivity contribution in [2.24, 2.45) is 0 Å². The first-order valence-corrected chi connectivity index (χ1v) is 7.14. The van der Waals surface area contributed by atoms with E-state index in [0.717, 1.165) is 6.07 Å². The largest absolute Gasteiger partial charge is 0.279 e. The number of aromatic nitrogens is 1. The number of pyridine rings is 1. The van der Waals surface area contributed by atoms with Crippen LogP contribution in [0.15, 0.2) is 52.1 Å².